The van der Waals surface area contributed by atoms with Crippen molar-refractivity contribution < 1.29 is 4.79 Å². The first-order chi connectivity index (χ1) is 12.7. The van der Waals surface area contributed by atoms with E-state index in [1.54, 1.807) is 22.3 Å². The average molecular weight is 368 g/mol. The summed E-state index contributed by atoms with van der Waals surface area (Å²) in [5.74, 6) is 0.0827. The third-order valence-electron chi connectivity index (χ3n) is 4.51. The summed E-state index contributed by atoms with van der Waals surface area (Å²) in [5, 5.41) is 7.31. The molecule has 0 atom stereocenters. The van der Waals surface area contributed by atoms with Gasteiger partial charge >= 0.3 is 0 Å². The van der Waals surface area contributed by atoms with E-state index in [9.17, 15) is 4.79 Å². The molecular weight excluding hydrogens is 348 g/mol. The van der Waals surface area contributed by atoms with Gasteiger partial charge in [0.25, 0.3) is 5.91 Å². The molecule has 0 unspecified atom stereocenters. The number of hydrogen-bond donors (Lipinski definition) is 0. The quantitative estimate of drug-likeness (QED) is 0.705. The maximum atomic E-state index is 12.7. The van der Waals surface area contributed by atoms with E-state index in [2.05, 4.69) is 25.3 Å². The Morgan fingerprint density at radius 2 is 1.92 bits per heavy atom. The molecule has 8 heteroatoms. The number of aryl methyl sites for hydroxylation is 1. The zero-order chi connectivity index (χ0) is 17.9. The van der Waals surface area contributed by atoms with E-state index < -0.39 is 0 Å². The fraction of sp³-hybridized carbons (Fsp3) is 0.333. The fourth-order valence-electron chi connectivity index (χ4n) is 3.10. The maximum Gasteiger partial charge on any atom is 0.253 e. The molecule has 0 N–H and O–H groups in total. The number of thiazole rings is 1. The second-order valence-corrected chi connectivity index (χ2v) is 7.38. The van der Waals surface area contributed by atoms with Gasteiger partial charge in [-0.15, -0.1) is 11.3 Å². The van der Waals surface area contributed by atoms with Crippen molar-refractivity contribution in [3.63, 3.8) is 0 Å². The van der Waals surface area contributed by atoms with Crippen LogP contribution in [-0.4, -0.2) is 61.6 Å². The van der Waals surface area contributed by atoms with Gasteiger partial charge in [-0.05, 0) is 31.2 Å². The summed E-state index contributed by atoms with van der Waals surface area (Å²) in [7, 11) is 0. The van der Waals surface area contributed by atoms with Gasteiger partial charge in [0.1, 0.15) is 12.7 Å². The molecule has 2 aromatic heterocycles. The lowest BCUT2D eigenvalue weighted by Crippen LogP contribution is -2.48. The molecule has 3 aromatic rings. The molecule has 1 amide bonds. The highest BCUT2D eigenvalue weighted by Gasteiger charge is 2.22. The van der Waals surface area contributed by atoms with Gasteiger partial charge in [-0.2, -0.15) is 5.10 Å². The molecule has 3 heterocycles. The summed E-state index contributed by atoms with van der Waals surface area (Å²) in [6.45, 7) is 6.12. The Balaban J connectivity index is 1.34. The standard InChI is InChI=1S/C18H20N6OS/c1-14-21-16(11-26-14)10-22-6-8-23(9-7-22)18(25)15-2-4-17(5-3-15)24-13-19-12-20-24/h2-5,11-13H,6-10H2,1H3. The molecule has 0 aliphatic carbocycles. The third-order valence-corrected chi connectivity index (χ3v) is 5.33. The van der Waals surface area contributed by atoms with Crippen LogP contribution in [0.4, 0.5) is 0 Å². The van der Waals surface area contributed by atoms with Crippen LogP contribution >= 0.6 is 11.3 Å². The van der Waals surface area contributed by atoms with Gasteiger partial charge in [0, 0.05) is 43.7 Å². The van der Waals surface area contributed by atoms with E-state index in [4.69, 9.17) is 0 Å². The van der Waals surface area contributed by atoms with Crippen LogP contribution in [0.5, 0.6) is 0 Å². The maximum absolute atomic E-state index is 12.7. The van der Waals surface area contributed by atoms with Gasteiger partial charge in [-0.3, -0.25) is 9.69 Å². The minimum absolute atomic E-state index is 0.0827. The lowest BCUT2D eigenvalue weighted by atomic mass is 10.1. The third kappa shape index (κ3) is 3.66. The van der Waals surface area contributed by atoms with Crippen molar-refractivity contribution in [3.8, 4) is 5.69 Å². The molecular formula is C18H20N6OS. The molecule has 4 rings (SSSR count). The summed E-state index contributed by atoms with van der Waals surface area (Å²) < 4.78 is 1.67. The lowest BCUT2D eigenvalue weighted by molar-refractivity contribution is 0.0627. The van der Waals surface area contributed by atoms with Crippen LogP contribution in [0.2, 0.25) is 0 Å². The van der Waals surface area contributed by atoms with Crippen LogP contribution < -0.4 is 0 Å². The SMILES string of the molecule is Cc1nc(CN2CCN(C(=O)c3ccc(-n4cncn4)cc3)CC2)cs1. The van der Waals surface area contributed by atoms with E-state index >= 15 is 0 Å². The molecule has 0 spiro atoms. The topological polar surface area (TPSA) is 67.2 Å². The summed E-state index contributed by atoms with van der Waals surface area (Å²) >= 11 is 1.68. The molecule has 26 heavy (non-hydrogen) atoms. The predicted octanol–water partition coefficient (Wildman–Crippen LogP) is 1.99. The molecule has 7 nitrogen and oxygen atoms in total. The second kappa shape index (κ2) is 7.35. The van der Waals surface area contributed by atoms with Crippen molar-refractivity contribution in [2.75, 3.05) is 26.2 Å². The average Bonchev–Trinajstić information content (AvgIpc) is 3.34. The fourth-order valence-corrected chi connectivity index (χ4v) is 3.70. The summed E-state index contributed by atoms with van der Waals surface area (Å²) in [6, 6.07) is 7.49. The van der Waals surface area contributed by atoms with Gasteiger partial charge < -0.3 is 4.90 Å². The van der Waals surface area contributed by atoms with Gasteiger partial charge in [0.05, 0.1) is 16.4 Å². The largest absolute Gasteiger partial charge is 0.336 e. The van der Waals surface area contributed by atoms with Crippen LogP contribution in [0.25, 0.3) is 5.69 Å². The first-order valence-corrected chi connectivity index (χ1v) is 9.45. The Kier molecular flexibility index (Phi) is 4.77. The Bertz CT molecular complexity index is 865. The molecule has 1 aromatic carbocycles. The molecule has 134 valence electrons. The normalized spacial score (nSPS) is 15.3. The van der Waals surface area contributed by atoms with Gasteiger partial charge in [0.15, 0.2) is 0 Å². The van der Waals surface area contributed by atoms with E-state index in [-0.39, 0.29) is 5.91 Å². The van der Waals surface area contributed by atoms with Crippen LogP contribution in [-0.2, 0) is 6.54 Å². The number of hydrogen-bond acceptors (Lipinski definition) is 6. The molecule has 1 saturated heterocycles. The number of amides is 1. The summed E-state index contributed by atoms with van der Waals surface area (Å²) in [4.78, 5) is 25.5. The van der Waals surface area contributed by atoms with E-state index in [1.165, 1.54) is 6.33 Å². The molecule has 1 aliphatic rings. The number of carbonyl (C=O) groups is 1. The monoisotopic (exact) mass is 368 g/mol. The second-order valence-electron chi connectivity index (χ2n) is 6.31. The van der Waals surface area contributed by atoms with Crippen LogP contribution in [0, 0.1) is 6.92 Å². The molecule has 0 bridgehead atoms. The van der Waals surface area contributed by atoms with E-state index in [0.29, 0.717) is 5.56 Å². The van der Waals surface area contributed by atoms with Crippen LogP contribution in [0.3, 0.4) is 0 Å². The zero-order valence-electron chi connectivity index (χ0n) is 14.6. The summed E-state index contributed by atoms with van der Waals surface area (Å²) in [6.07, 6.45) is 3.13. The molecule has 0 saturated carbocycles. The highest BCUT2D eigenvalue weighted by Crippen LogP contribution is 2.15. The number of piperazine rings is 1. The van der Waals surface area contributed by atoms with Gasteiger partial charge in [0.2, 0.25) is 0 Å². The van der Waals surface area contributed by atoms with E-state index in [0.717, 1.165) is 49.1 Å². The Hall–Kier alpha value is -2.58. The predicted molar refractivity (Wildman–Crippen MR) is 99.4 cm³/mol. The number of aromatic nitrogens is 4. The summed E-state index contributed by atoms with van der Waals surface area (Å²) in [5.41, 5.74) is 2.72. The first-order valence-electron chi connectivity index (χ1n) is 8.57. The molecule has 1 aliphatic heterocycles. The number of nitrogens with zero attached hydrogens (tertiary/aromatic N) is 6. The van der Waals surface area contributed by atoms with E-state index in [1.807, 2.05) is 36.1 Å². The number of rotatable bonds is 4. The number of carbonyl (C=O) groups excluding carboxylic acids is 1. The first kappa shape index (κ1) is 16.9. The highest BCUT2D eigenvalue weighted by atomic mass is 32.1. The molecule has 1 fully saturated rings. The van der Waals surface area contributed by atoms with Crippen LogP contribution in [0.15, 0.2) is 42.3 Å². The van der Waals surface area contributed by atoms with Crippen LogP contribution in [0.1, 0.15) is 21.1 Å². The van der Waals surface area contributed by atoms with Crippen molar-refractivity contribution in [2.24, 2.45) is 0 Å². The van der Waals surface area contributed by atoms with Gasteiger partial charge in [-0.1, -0.05) is 0 Å². The molecule has 0 radical (unpaired) electrons. The lowest BCUT2D eigenvalue weighted by Gasteiger charge is -2.34. The van der Waals surface area contributed by atoms with Crippen molar-refractivity contribution in [2.45, 2.75) is 13.5 Å². The van der Waals surface area contributed by atoms with Crippen molar-refractivity contribution in [3.05, 3.63) is 58.6 Å². The Morgan fingerprint density at radius 3 is 2.54 bits per heavy atom. The van der Waals surface area contributed by atoms with Crippen molar-refractivity contribution in [1.29, 1.82) is 0 Å². The smallest absolute Gasteiger partial charge is 0.253 e. The Morgan fingerprint density at radius 1 is 1.15 bits per heavy atom. The minimum atomic E-state index is 0.0827. The highest BCUT2D eigenvalue weighted by molar-refractivity contribution is 7.09. The Labute approximate surface area is 155 Å². The minimum Gasteiger partial charge on any atom is -0.336 e. The van der Waals surface area contributed by atoms with Crippen molar-refractivity contribution in [1.82, 2.24) is 29.5 Å². The number of benzene rings is 1. The zero-order valence-corrected chi connectivity index (χ0v) is 15.4. The van der Waals surface area contributed by atoms with Gasteiger partial charge in [-0.25, -0.2) is 14.6 Å². The van der Waals surface area contributed by atoms with Crippen molar-refractivity contribution >= 4 is 17.2 Å².